The van der Waals surface area contributed by atoms with Crippen molar-refractivity contribution < 1.29 is 29.4 Å². The predicted molar refractivity (Wildman–Crippen MR) is 93.0 cm³/mol. The lowest BCUT2D eigenvalue weighted by Gasteiger charge is -2.19. The lowest BCUT2D eigenvalue weighted by atomic mass is 10.1. The summed E-state index contributed by atoms with van der Waals surface area (Å²) >= 11 is 0. The number of nitrogens with one attached hydrogen (secondary N) is 1. The summed E-state index contributed by atoms with van der Waals surface area (Å²) in [5.41, 5.74) is 0.353. The second kappa shape index (κ2) is 9.46. The van der Waals surface area contributed by atoms with Crippen molar-refractivity contribution in [2.45, 2.75) is 18.8 Å². The van der Waals surface area contributed by atoms with Crippen molar-refractivity contribution in [3.05, 3.63) is 63.8 Å². The highest BCUT2D eigenvalue weighted by molar-refractivity contribution is 5.67. The van der Waals surface area contributed by atoms with Crippen LogP contribution >= 0.6 is 0 Å². The van der Waals surface area contributed by atoms with Crippen molar-refractivity contribution in [3.63, 3.8) is 0 Å². The number of rotatable bonds is 8. The third kappa shape index (κ3) is 5.62. The summed E-state index contributed by atoms with van der Waals surface area (Å²) in [5, 5.41) is 33.5. The highest BCUT2D eigenvalue weighted by Gasteiger charge is 2.26. The minimum atomic E-state index is -1.57. The Kier molecular flexibility index (Phi) is 7.03. The zero-order valence-electron chi connectivity index (χ0n) is 14.4. The van der Waals surface area contributed by atoms with Crippen molar-refractivity contribution in [1.29, 1.82) is 0 Å². The standard InChI is InChI=1S/C17H19N3O7/c1-26-16-13(7-12(8-18-16)20(24)25)15(22)14(21)9-19-17(23)27-10-11-5-3-2-4-6-11/h2-8,14-15,21-22H,9-10H2,1H3,(H,19,23). The van der Waals surface area contributed by atoms with Crippen LogP contribution < -0.4 is 10.1 Å². The molecule has 10 nitrogen and oxygen atoms in total. The van der Waals surface area contributed by atoms with Gasteiger partial charge in [0.1, 0.15) is 25.0 Å². The fourth-order valence-corrected chi connectivity index (χ4v) is 2.22. The van der Waals surface area contributed by atoms with Crippen molar-refractivity contribution in [3.8, 4) is 5.88 Å². The fourth-order valence-electron chi connectivity index (χ4n) is 2.22. The van der Waals surface area contributed by atoms with E-state index in [1.807, 2.05) is 6.07 Å². The Morgan fingerprint density at radius 1 is 1.33 bits per heavy atom. The van der Waals surface area contributed by atoms with Crippen LogP contribution in [-0.2, 0) is 11.3 Å². The Bertz CT molecular complexity index is 785. The Morgan fingerprint density at radius 2 is 2.04 bits per heavy atom. The molecule has 0 saturated carbocycles. The number of alkyl carbamates (subject to hydrolysis) is 1. The van der Waals surface area contributed by atoms with Gasteiger partial charge in [0, 0.05) is 12.6 Å². The molecule has 0 fully saturated rings. The topological polar surface area (TPSA) is 144 Å². The van der Waals surface area contributed by atoms with Crippen LogP contribution in [0.3, 0.4) is 0 Å². The number of ether oxygens (including phenoxy) is 2. The van der Waals surface area contributed by atoms with Gasteiger partial charge in [-0.2, -0.15) is 0 Å². The fraction of sp³-hybridized carbons (Fsp3) is 0.294. The van der Waals surface area contributed by atoms with Gasteiger partial charge < -0.3 is 25.0 Å². The molecule has 2 aromatic rings. The highest BCUT2D eigenvalue weighted by Crippen LogP contribution is 2.28. The van der Waals surface area contributed by atoms with Crippen molar-refractivity contribution >= 4 is 11.8 Å². The molecule has 10 heteroatoms. The van der Waals surface area contributed by atoms with Gasteiger partial charge in [0.15, 0.2) is 0 Å². The van der Waals surface area contributed by atoms with Crippen LogP contribution in [-0.4, -0.2) is 46.0 Å². The van der Waals surface area contributed by atoms with Crippen molar-refractivity contribution in [2.24, 2.45) is 0 Å². The number of hydrogen-bond donors (Lipinski definition) is 3. The lowest BCUT2D eigenvalue weighted by molar-refractivity contribution is -0.385. The molecule has 0 aliphatic heterocycles. The summed E-state index contributed by atoms with van der Waals surface area (Å²) in [4.78, 5) is 25.6. The Balaban J connectivity index is 1.93. The molecule has 144 valence electrons. The summed E-state index contributed by atoms with van der Waals surface area (Å²) < 4.78 is 9.94. The van der Waals surface area contributed by atoms with Gasteiger partial charge in [0.2, 0.25) is 5.88 Å². The predicted octanol–water partition coefficient (Wildman–Crippen LogP) is 1.32. The third-order valence-corrected chi connectivity index (χ3v) is 3.62. The molecule has 1 aromatic heterocycles. The molecule has 1 heterocycles. The SMILES string of the molecule is COc1ncc([N+](=O)[O-])cc1C(O)C(O)CNC(=O)OCc1ccccc1. The molecule has 0 saturated heterocycles. The molecule has 3 N–H and O–H groups in total. The number of methoxy groups -OCH3 is 1. The maximum atomic E-state index is 11.7. The van der Waals surface area contributed by atoms with E-state index in [4.69, 9.17) is 9.47 Å². The van der Waals surface area contributed by atoms with E-state index in [9.17, 15) is 25.1 Å². The third-order valence-electron chi connectivity index (χ3n) is 3.62. The molecule has 0 bridgehead atoms. The van der Waals surface area contributed by atoms with Gasteiger partial charge in [0.05, 0.1) is 17.6 Å². The van der Waals surface area contributed by atoms with E-state index in [1.54, 1.807) is 24.3 Å². The second-order valence-corrected chi connectivity index (χ2v) is 5.50. The van der Waals surface area contributed by atoms with E-state index in [1.165, 1.54) is 7.11 Å². The first-order chi connectivity index (χ1) is 12.9. The first-order valence-electron chi connectivity index (χ1n) is 7.91. The minimum absolute atomic E-state index is 0.0495. The van der Waals surface area contributed by atoms with Crippen molar-refractivity contribution in [1.82, 2.24) is 10.3 Å². The highest BCUT2D eigenvalue weighted by atomic mass is 16.6. The van der Waals surface area contributed by atoms with E-state index in [0.29, 0.717) is 0 Å². The molecule has 2 unspecified atom stereocenters. The molecule has 0 radical (unpaired) electrons. The lowest BCUT2D eigenvalue weighted by Crippen LogP contribution is -2.36. The van der Waals surface area contributed by atoms with E-state index in [2.05, 4.69) is 10.3 Å². The summed E-state index contributed by atoms with van der Waals surface area (Å²) in [6.07, 6.45) is -2.84. The van der Waals surface area contributed by atoms with E-state index in [-0.39, 0.29) is 30.3 Å². The van der Waals surface area contributed by atoms with Gasteiger partial charge in [-0.15, -0.1) is 0 Å². The Morgan fingerprint density at radius 3 is 2.67 bits per heavy atom. The van der Waals surface area contributed by atoms with E-state index < -0.39 is 23.2 Å². The number of nitrogens with zero attached hydrogens (tertiary/aromatic N) is 2. The van der Waals surface area contributed by atoms with Gasteiger partial charge in [-0.3, -0.25) is 10.1 Å². The molecule has 1 aromatic carbocycles. The number of carbonyl (C=O) groups is 1. The number of aliphatic hydroxyl groups excluding tert-OH is 2. The van der Waals surface area contributed by atoms with Crippen molar-refractivity contribution in [2.75, 3.05) is 13.7 Å². The number of nitro groups is 1. The summed E-state index contributed by atoms with van der Waals surface area (Å²) in [5.74, 6) is -0.0706. The normalized spacial score (nSPS) is 12.7. The number of pyridine rings is 1. The monoisotopic (exact) mass is 377 g/mol. The minimum Gasteiger partial charge on any atom is -0.481 e. The molecule has 2 atom stereocenters. The average molecular weight is 377 g/mol. The van der Waals surface area contributed by atoms with Gasteiger partial charge in [-0.05, 0) is 5.56 Å². The maximum Gasteiger partial charge on any atom is 0.407 e. The summed E-state index contributed by atoms with van der Waals surface area (Å²) in [6, 6.07) is 10.1. The van der Waals surface area contributed by atoms with Crippen LogP contribution in [0.2, 0.25) is 0 Å². The molecule has 2 rings (SSSR count). The zero-order chi connectivity index (χ0) is 19.8. The number of aromatic nitrogens is 1. The number of hydrogen-bond acceptors (Lipinski definition) is 8. The van der Waals surface area contributed by atoms with Crippen LogP contribution in [0.1, 0.15) is 17.2 Å². The van der Waals surface area contributed by atoms with Crippen LogP contribution in [0.15, 0.2) is 42.6 Å². The molecule has 0 spiro atoms. The van der Waals surface area contributed by atoms with Crippen LogP contribution in [0.5, 0.6) is 5.88 Å². The molecular weight excluding hydrogens is 358 g/mol. The molecule has 0 aliphatic rings. The zero-order valence-corrected chi connectivity index (χ0v) is 14.4. The molecular formula is C17H19N3O7. The second-order valence-electron chi connectivity index (χ2n) is 5.50. The van der Waals surface area contributed by atoms with Gasteiger partial charge in [0.25, 0.3) is 5.69 Å². The maximum absolute atomic E-state index is 11.7. The first kappa shape index (κ1) is 20.1. The first-order valence-corrected chi connectivity index (χ1v) is 7.91. The summed E-state index contributed by atoms with van der Waals surface area (Å²) in [6.45, 7) is -0.297. The van der Waals surface area contributed by atoms with Gasteiger partial charge >= 0.3 is 6.09 Å². The molecule has 1 amide bonds. The average Bonchev–Trinajstić information content (AvgIpc) is 2.70. The van der Waals surface area contributed by atoms with Gasteiger partial charge in [-0.1, -0.05) is 30.3 Å². The molecule has 27 heavy (non-hydrogen) atoms. The van der Waals surface area contributed by atoms with Gasteiger partial charge in [-0.25, -0.2) is 9.78 Å². The quantitative estimate of drug-likeness (QED) is 0.461. The Labute approximate surface area is 154 Å². The molecule has 0 aliphatic carbocycles. The smallest absolute Gasteiger partial charge is 0.407 e. The summed E-state index contributed by atoms with van der Waals surface area (Å²) in [7, 11) is 1.27. The number of carbonyl (C=O) groups excluding carboxylic acids is 1. The van der Waals surface area contributed by atoms with Crippen LogP contribution in [0.4, 0.5) is 10.5 Å². The van der Waals surface area contributed by atoms with E-state index >= 15 is 0 Å². The van der Waals surface area contributed by atoms with E-state index in [0.717, 1.165) is 17.8 Å². The Hall–Kier alpha value is -3.24. The van der Waals surface area contributed by atoms with Crippen LogP contribution in [0.25, 0.3) is 0 Å². The largest absolute Gasteiger partial charge is 0.481 e. The number of benzene rings is 1. The number of amides is 1. The number of aliphatic hydroxyl groups is 2. The van der Waals surface area contributed by atoms with Crippen LogP contribution in [0, 0.1) is 10.1 Å².